The van der Waals surface area contributed by atoms with Crippen LogP contribution in [0.5, 0.6) is 0 Å². The van der Waals surface area contributed by atoms with Gasteiger partial charge in [0.25, 0.3) is 0 Å². The van der Waals surface area contributed by atoms with E-state index < -0.39 is 0 Å². The van der Waals surface area contributed by atoms with E-state index in [9.17, 15) is 0 Å². The Kier molecular flexibility index (Phi) is 4.73. The maximum Gasteiger partial charge on any atom is 0.000451 e. The minimum Gasteiger partial charge on any atom is -0.0805 e. The Morgan fingerprint density at radius 1 is 0.412 bits per heavy atom. The molecule has 0 bridgehead atoms. The number of benzene rings is 1. The lowest BCUT2D eigenvalue weighted by atomic mass is 9.53. The smallest absolute Gasteiger partial charge is 0.000451 e. The van der Waals surface area contributed by atoms with Crippen molar-refractivity contribution in [3.05, 3.63) is 133 Å². The first kappa shape index (κ1) is 20.5. The predicted molar refractivity (Wildman–Crippen MR) is 142 cm³/mol. The maximum absolute atomic E-state index is 2.65. The molecule has 34 heavy (non-hydrogen) atoms. The zero-order valence-electron chi connectivity index (χ0n) is 19.9. The number of rotatable bonds is 3. The highest BCUT2D eigenvalue weighted by molar-refractivity contribution is 5.40. The second-order valence-corrected chi connectivity index (χ2v) is 11.4. The van der Waals surface area contributed by atoms with Crippen molar-refractivity contribution < 1.29 is 0 Å². The van der Waals surface area contributed by atoms with Crippen LogP contribution in [0.3, 0.4) is 0 Å². The Labute approximate surface area is 204 Å². The zero-order valence-corrected chi connectivity index (χ0v) is 19.9. The molecule has 6 aliphatic carbocycles. The molecule has 8 unspecified atom stereocenters. The van der Waals surface area contributed by atoms with Crippen molar-refractivity contribution in [1.82, 2.24) is 0 Å². The lowest BCUT2D eigenvalue weighted by molar-refractivity contribution is 0.0978. The van der Waals surface area contributed by atoms with Crippen molar-refractivity contribution in [2.24, 2.45) is 59.2 Å². The van der Waals surface area contributed by atoms with E-state index in [0.29, 0.717) is 59.2 Å². The average molecular weight is 443 g/mol. The normalized spacial score (nSPS) is 43.9. The lowest BCUT2D eigenvalue weighted by Gasteiger charge is -2.50. The van der Waals surface area contributed by atoms with Crippen molar-refractivity contribution in [2.75, 3.05) is 0 Å². The van der Waals surface area contributed by atoms with Gasteiger partial charge < -0.3 is 0 Å². The van der Waals surface area contributed by atoms with E-state index in [-0.39, 0.29) is 5.41 Å². The molecule has 0 amide bonds. The molecule has 0 saturated heterocycles. The molecule has 6 aliphatic rings. The summed E-state index contributed by atoms with van der Waals surface area (Å²) in [6.07, 6.45) is 38.6. The van der Waals surface area contributed by atoms with Gasteiger partial charge in [-0.2, -0.15) is 0 Å². The first-order chi connectivity index (χ1) is 16.8. The molecular weight excluding hydrogens is 408 g/mol. The SMILES string of the molecule is CC(c1ccccc1)(C1C2C=CC=CC2C2C=CC=CC21)C1C2C=CC=CC2C2C=CC=CC21. The van der Waals surface area contributed by atoms with Crippen LogP contribution in [0.2, 0.25) is 0 Å². The Hall–Kier alpha value is -2.86. The maximum atomic E-state index is 2.65. The molecule has 0 heteroatoms. The molecule has 2 saturated carbocycles. The van der Waals surface area contributed by atoms with E-state index in [0.717, 1.165) is 0 Å². The highest BCUT2D eigenvalue weighted by Gasteiger charge is 2.62. The molecule has 1 aromatic carbocycles. The molecule has 170 valence electrons. The molecule has 0 nitrogen and oxygen atoms in total. The van der Waals surface area contributed by atoms with Crippen LogP contribution in [0.25, 0.3) is 0 Å². The monoisotopic (exact) mass is 442 g/mol. The van der Waals surface area contributed by atoms with Crippen molar-refractivity contribution in [1.29, 1.82) is 0 Å². The zero-order chi connectivity index (χ0) is 22.7. The van der Waals surface area contributed by atoms with Gasteiger partial charge in [0, 0.05) is 5.41 Å². The molecule has 8 atom stereocenters. The van der Waals surface area contributed by atoms with E-state index in [1.165, 1.54) is 5.56 Å². The number of hydrogen-bond acceptors (Lipinski definition) is 0. The third-order valence-corrected chi connectivity index (χ3v) is 10.2. The summed E-state index contributed by atoms with van der Waals surface area (Å²) < 4.78 is 0. The number of hydrogen-bond donors (Lipinski definition) is 0. The molecule has 2 fully saturated rings. The van der Waals surface area contributed by atoms with Crippen LogP contribution < -0.4 is 0 Å². The summed E-state index contributed by atoms with van der Waals surface area (Å²) in [6, 6.07) is 11.6. The van der Waals surface area contributed by atoms with Crippen LogP contribution in [-0.2, 0) is 5.41 Å². The van der Waals surface area contributed by atoms with E-state index >= 15 is 0 Å². The fraction of sp³-hybridized carbons (Fsp3) is 0.353. The van der Waals surface area contributed by atoms with E-state index in [4.69, 9.17) is 0 Å². The first-order valence-corrected chi connectivity index (χ1v) is 13.2. The summed E-state index contributed by atoms with van der Waals surface area (Å²) in [5.41, 5.74) is 1.59. The molecule has 0 heterocycles. The largest absolute Gasteiger partial charge is 0.0805 e. The minimum atomic E-state index is 0.0575. The fourth-order valence-electron chi connectivity index (χ4n) is 9.06. The van der Waals surface area contributed by atoms with Gasteiger partial charge in [0.1, 0.15) is 0 Å². The average Bonchev–Trinajstić information content (AvgIpc) is 3.43. The first-order valence-electron chi connectivity index (χ1n) is 13.2. The van der Waals surface area contributed by atoms with Crippen LogP contribution in [0.4, 0.5) is 0 Å². The van der Waals surface area contributed by atoms with Crippen molar-refractivity contribution in [3.63, 3.8) is 0 Å². The van der Waals surface area contributed by atoms with Gasteiger partial charge in [-0.3, -0.25) is 0 Å². The molecule has 0 aromatic heterocycles. The third kappa shape index (κ3) is 2.78. The Balaban J connectivity index is 1.44. The van der Waals surface area contributed by atoms with Gasteiger partial charge >= 0.3 is 0 Å². The van der Waals surface area contributed by atoms with Crippen molar-refractivity contribution in [3.8, 4) is 0 Å². The molecule has 0 aliphatic heterocycles. The van der Waals surface area contributed by atoms with Gasteiger partial charge in [0.05, 0.1) is 0 Å². The van der Waals surface area contributed by atoms with Crippen molar-refractivity contribution >= 4 is 0 Å². The van der Waals surface area contributed by atoms with Gasteiger partial charge in [-0.1, -0.05) is 134 Å². The van der Waals surface area contributed by atoms with E-state index in [2.05, 4.69) is 134 Å². The predicted octanol–water partition coefficient (Wildman–Crippen LogP) is 7.64. The quantitative estimate of drug-likeness (QED) is 0.451. The van der Waals surface area contributed by atoms with Crippen LogP contribution in [0, 0.1) is 59.2 Å². The van der Waals surface area contributed by atoms with Crippen LogP contribution in [-0.4, -0.2) is 0 Å². The standard InChI is InChI=1S/C34H34/c1-34(23-13-3-2-4-14-23,32-28-19-9-5-15-24(28)25-16-6-10-20-29(25)32)33-30-21-11-7-17-26(30)27-18-8-12-22-31(27)33/h2-22,24-33H,1H3. The second kappa shape index (κ2) is 7.84. The number of fused-ring (bicyclic) bond motifs is 6. The Morgan fingerprint density at radius 3 is 1.03 bits per heavy atom. The number of allylic oxidation sites excluding steroid dienone is 16. The van der Waals surface area contributed by atoms with Crippen molar-refractivity contribution in [2.45, 2.75) is 12.3 Å². The van der Waals surface area contributed by atoms with Crippen LogP contribution in [0.15, 0.2) is 128 Å². The fourth-order valence-corrected chi connectivity index (χ4v) is 9.06. The summed E-state index contributed by atoms with van der Waals surface area (Å²) in [5, 5.41) is 0. The summed E-state index contributed by atoms with van der Waals surface area (Å²) in [7, 11) is 0. The summed E-state index contributed by atoms with van der Waals surface area (Å²) in [6.45, 7) is 2.65. The third-order valence-electron chi connectivity index (χ3n) is 10.2. The van der Waals surface area contributed by atoms with Crippen LogP contribution >= 0.6 is 0 Å². The molecular formula is C34H34. The van der Waals surface area contributed by atoms with E-state index in [1.807, 2.05) is 0 Å². The molecule has 0 radical (unpaired) electrons. The van der Waals surface area contributed by atoms with Gasteiger partial charge in [-0.15, -0.1) is 0 Å². The highest BCUT2D eigenvalue weighted by atomic mass is 14.7. The van der Waals surface area contributed by atoms with E-state index in [1.54, 1.807) is 0 Å². The van der Waals surface area contributed by atoms with Gasteiger partial charge in [0.15, 0.2) is 0 Å². The molecule has 1 aromatic rings. The van der Waals surface area contributed by atoms with Gasteiger partial charge in [-0.05, 0) is 64.7 Å². The highest BCUT2D eigenvalue weighted by Crippen LogP contribution is 2.66. The second-order valence-electron chi connectivity index (χ2n) is 11.4. The summed E-state index contributed by atoms with van der Waals surface area (Å²) in [4.78, 5) is 0. The Morgan fingerprint density at radius 2 is 0.706 bits per heavy atom. The topological polar surface area (TPSA) is 0 Å². The Bertz CT molecular complexity index is 1040. The molecule has 7 rings (SSSR count). The summed E-state index contributed by atoms with van der Waals surface area (Å²) >= 11 is 0. The van der Waals surface area contributed by atoms with Crippen LogP contribution in [0.1, 0.15) is 12.5 Å². The molecule has 0 N–H and O–H groups in total. The summed E-state index contributed by atoms with van der Waals surface area (Å²) in [5.74, 6) is 5.80. The van der Waals surface area contributed by atoms with Gasteiger partial charge in [-0.25, -0.2) is 0 Å². The molecule has 0 spiro atoms. The van der Waals surface area contributed by atoms with Gasteiger partial charge in [0.2, 0.25) is 0 Å². The lowest BCUT2D eigenvalue weighted by Crippen LogP contribution is -2.48. The minimum absolute atomic E-state index is 0.0575.